The van der Waals surface area contributed by atoms with E-state index in [4.69, 9.17) is 18.9 Å². The van der Waals surface area contributed by atoms with E-state index < -0.39 is 0 Å². The first-order valence-electron chi connectivity index (χ1n) is 13.4. The van der Waals surface area contributed by atoms with Crippen LogP contribution in [0.3, 0.4) is 0 Å². The van der Waals surface area contributed by atoms with Crippen LogP contribution in [0.15, 0.2) is 53.9 Å². The van der Waals surface area contributed by atoms with Gasteiger partial charge in [-0.3, -0.25) is 9.59 Å². The zero-order chi connectivity index (χ0) is 26.8. The fourth-order valence-corrected chi connectivity index (χ4v) is 6.33. The minimum atomic E-state index is -0.224. The molecule has 4 heterocycles. The van der Waals surface area contributed by atoms with Crippen molar-refractivity contribution in [3.63, 3.8) is 0 Å². The van der Waals surface area contributed by atoms with Gasteiger partial charge in [0, 0.05) is 30.1 Å². The van der Waals surface area contributed by atoms with Gasteiger partial charge in [-0.05, 0) is 73.5 Å². The molecule has 2 atom stereocenters. The van der Waals surface area contributed by atoms with Gasteiger partial charge in [-0.25, -0.2) is 0 Å². The molecule has 0 bridgehead atoms. The van der Waals surface area contributed by atoms with Crippen molar-refractivity contribution >= 4 is 23.2 Å². The molecule has 1 aromatic heterocycles. The number of rotatable bonds is 8. The molecule has 2 amide bonds. The van der Waals surface area contributed by atoms with Gasteiger partial charge in [-0.15, -0.1) is 11.3 Å². The highest BCUT2D eigenvalue weighted by Crippen LogP contribution is 2.35. The number of benzene rings is 2. The van der Waals surface area contributed by atoms with Crippen LogP contribution in [-0.2, 0) is 16.0 Å². The predicted octanol–water partition coefficient (Wildman–Crippen LogP) is 4.61. The Morgan fingerprint density at radius 2 is 1.95 bits per heavy atom. The Kier molecular flexibility index (Phi) is 7.43. The van der Waals surface area contributed by atoms with Crippen molar-refractivity contribution < 1.29 is 28.5 Å². The van der Waals surface area contributed by atoms with Gasteiger partial charge in [0.25, 0.3) is 5.91 Å². The van der Waals surface area contributed by atoms with Crippen LogP contribution in [0.25, 0.3) is 0 Å². The van der Waals surface area contributed by atoms with Crippen molar-refractivity contribution in [3.05, 3.63) is 75.5 Å². The number of thiophene rings is 1. The maximum atomic E-state index is 13.9. The normalized spacial score (nSPS) is 19.6. The molecule has 3 aromatic rings. The molecule has 0 radical (unpaired) electrons. The molecule has 0 unspecified atom stereocenters. The summed E-state index contributed by atoms with van der Waals surface area (Å²) in [6.07, 6.45) is 2.53. The molecular weight excluding hydrogens is 516 g/mol. The van der Waals surface area contributed by atoms with E-state index in [-0.39, 0.29) is 37.3 Å². The topological polar surface area (TPSA) is 77.5 Å². The maximum absolute atomic E-state index is 13.9. The van der Waals surface area contributed by atoms with Crippen LogP contribution in [0.2, 0.25) is 0 Å². The fraction of sp³-hybridized carbons (Fsp3) is 0.400. The van der Waals surface area contributed by atoms with E-state index >= 15 is 0 Å². The van der Waals surface area contributed by atoms with Gasteiger partial charge >= 0.3 is 0 Å². The second-order valence-electron chi connectivity index (χ2n) is 10.2. The molecule has 0 aliphatic carbocycles. The van der Waals surface area contributed by atoms with Gasteiger partial charge in [0.05, 0.1) is 12.1 Å². The van der Waals surface area contributed by atoms with Crippen LogP contribution in [-0.4, -0.2) is 67.4 Å². The number of fused-ring (bicyclic) bond motifs is 2. The van der Waals surface area contributed by atoms with Crippen LogP contribution >= 0.6 is 11.3 Å². The lowest BCUT2D eigenvalue weighted by Crippen LogP contribution is -2.49. The Bertz CT molecular complexity index is 1330. The summed E-state index contributed by atoms with van der Waals surface area (Å²) in [6, 6.07) is 14.9. The highest BCUT2D eigenvalue weighted by Gasteiger charge is 2.35. The molecule has 204 valence electrons. The number of carbonyl (C=O) groups excluding carboxylic acids is 2. The number of aryl methyl sites for hydroxylation is 1. The van der Waals surface area contributed by atoms with E-state index in [9.17, 15) is 9.59 Å². The van der Waals surface area contributed by atoms with Crippen molar-refractivity contribution in [3.8, 4) is 17.2 Å². The smallest absolute Gasteiger partial charge is 0.254 e. The zero-order valence-electron chi connectivity index (χ0n) is 22.0. The summed E-state index contributed by atoms with van der Waals surface area (Å²) >= 11 is 1.72. The van der Waals surface area contributed by atoms with Crippen molar-refractivity contribution in [1.29, 1.82) is 0 Å². The minimum absolute atomic E-state index is 0.0341. The van der Waals surface area contributed by atoms with Gasteiger partial charge < -0.3 is 28.7 Å². The van der Waals surface area contributed by atoms with Gasteiger partial charge in [0.1, 0.15) is 18.9 Å². The number of amides is 2. The summed E-state index contributed by atoms with van der Waals surface area (Å²) in [5.74, 6) is 1.60. The Hall–Kier alpha value is -3.56. The molecular formula is C30H32N2O6S. The number of ether oxygens (including phenoxy) is 4. The average molecular weight is 549 g/mol. The number of nitrogens with zero attached hydrogens (tertiary/aromatic N) is 2. The van der Waals surface area contributed by atoms with E-state index in [0.717, 1.165) is 36.1 Å². The molecule has 2 aromatic carbocycles. The van der Waals surface area contributed by atoms with E-state index in [1.165, 1.54) is 4.88 Å². The molecule has 1 saturated heterocycles. The van der Waals surface area contributed by atoms with E-state index in [2.05, 4.69) is 11.4 Å². The molecule has 3 aliphatic heterocycles. The maximum Gasteiger partial charge on any atom is 0.254 e. The summed E-state index contributed by atoms with van der Waals surface area (Å²) in [6.45, 7) is 4.11. The minimum Gasteiger partial charge on any atom is -0.491 e. The highest BCUT2D eigenvalue weighted by atomic mass is 32.1. The van der Waals surface area contributed by atoms with Gasteiger partial charge in [-0.2, -0.15) is 0 Å². The van der Waals surface area contributed by atoms with Crippen molar-refractivity contribution in [1.82, 2.24) is 9.80 Å². The first-order chi connectivity index (χ1) is 19.0. The monoisotopic (exact) mass is 548 g/mol. The summed E-state index contributed by atoms with van der Waals surface area (Å²) in [5, 5.41) is 2.07. The fourth-order valence-electron chi connectivity index (χ4n) is 5.40. The second-order valence-corrected chi connectivity index (χ2v) is 11.2. The third-order valence-electron chi connectivity index (χ3n) is 7.52. The molecule has 3 aliphatic rings. The summed E-state index contributed by atoms with van der Waals surface area (Å²) in [4.78, 5) is 32.4. The van der Waals surface area contributed by atoms with Crippen LogP contribution in [0.5, 0.6) is 17.2 Å². The first-order valence-corrected chi connectivity index (χ1v) is 14.3. The lowest BCUT2D eigenvalue weighted by Gasteiger charge is -2.37. The van der Waals surface area contributed by atoms with E-state index in [1.54, 1.807) is 34.4 Å². The summed E-state index contributed by atoms with van der Waals surface area (Å²) in [5.41, 5.74) is 2.75. The Morgan fingerprint density at radius 3 is 2.77 bits per heavy atom. The number of hydrogen-bond donors (Lipinski definition) is 0. The predicted molar refractivity (Wildman–Crippen MR) is 147 cm³/mol. The standard InChI is InChI=1S/C30H32N2O6S/c1-20-4-7-22(8-5-20)36-18-25-24-11-14-39-28(24)10-12-32(25)29(33)17-31(16-23-3-2-13-35-23)30(34)21-6-9-26-27(15-21)38-19-37-26/h4-9,11,14-15,23,25H,2-3,10,12-13,16-19H2,1H3/t23-,25+/m0/s1. The lowest BCUT2D eigenvalue weighted by atomic mass is 10.00. The van der Waals surface area contributed by atoms with Gasteiger partial charge in [0.2, 0.25) is 12.7 Å². The molecule has 6 rings (SSSR count). The van der Waals surface area contributed by atoms with E-state index in [0.29, 0.717) is 43.4 Å². The van der Waals surface area contributed by atoms with Crippen molar-refractivity contribution in [2.45, 2.75) is 38.3 Å². The molecule has 39 heavy (non-hydrogen) atoms. The Labute approximate surface area is 232 Å². The van der Waals surface area contributed by atoms with Crippen LogP contribution in [0, 0.1) is 6.92 Å². The van der Waals surface area contributed by atoms with Crippen LogP contribution in [0.4, 0.5) is 0 Å². The molecule has 0 N–H and O–H groups in total. The SMILES string of the molecule is Cc1ccc(OC[C@@H]2c3ccsc3CCN2C(=O)CN(C[C@@H]2CCCO2)C(=O)c2ccc3c(c2)OCO3)cc1. The molecule has 0 saturated carbocycles. The average Bonchev–Trinajstić information content (AvgIpc) is 3.73. The van der Waals surface area contributed by atoms with Crippen molar-refractivity contribution in [2.24, 2.45) is 0 Å². The Morgan fingerprint density at radius 1 is 1.10 bits per heavy atom. The highest BCUT2D eigenvalue weighted by molar-refractivity contribution is 7.10. The largest absolute Gasteiger partial charge is 0.491 e. The van der Waals surface area contributed by atoms with Crippen LogP contribution in [0.1, 0.15) is 45.2 Å². The zero-order valence-corrected chi connectivity index (χ0v) is 22.8. The number of carbonyl (C=O) groups is 2. The van der Waals surface area contributed by atoms with E-state index in [1.807, 2.05) is 36.1 Å². The quantitative estimate of drug-likeness (QED) is 0.409. The second kappa shape index (κ2) is 11.3. The third kappa shape index (κ3) is 5.60. The molecule has 1 fully saturated rings. The first kappa shape index (κ1) is 25.7. The van der Waals surface area contributed by atoms with Crippen LogP contribution < -0.4 is 14.2 Å². The lowest BCUT2D eigenvalue weighted by molar-refractivity contribution is -0.135. The summed E-state index contributed by atoms with van der Waals surface area (Å²) in [7, 11) is 0. The summed E-state index contributed by atoms with van der Waals surface area (Å²) < 4.78 is 22.9. The molecule has 9 heteroatoms. The third-order valence-corrected chi connectivity index (χ3v) is 8.52. The Balaban J connectivity index is 1.21. The number of hydrogen-bond acceptors (Lipinski definition) is 7. The van der Waals surface area contributed by atoms with Gasteiger partial charge in [-0.1, -0.05) is 17.7 Å². The molecule has 0 spiro atoms. The molecule has 8 nitrogen and oxygen atoms in total. The van der Waals surface area contributed by atoms with Gasteiger partial charge in [0.15, 0.2) is 11.5 Å². The van der Waals surface area contributed by atoms with Crippen molar-refractivity contribution in [2.75, 3.05) is 39.6 Å².